The molecule has 0 saturated heterocycles. The van der Waals surface area contributed by atoms with Crippen molar-refractivity contribution >= 4 is 5.69 Å². The van der Waals surface area contributed by atoms with Crippen LogP contribution >= 0.6 is 0 Å². The average molecular weight is 276 g/mol. The highest BCUT2D eigenvalue weighted by molar-refractivity contribution is 5.53. The summed E-state index contributed by atoms with van der Waals surface area (Å²) < 4.78 is 5.71. The highest BCUT2D eigenvalue weighted by atomic mass is 16.5. The fraction of sp³-hybridized carbons (Fsp3) is 0.647. The molecule has 0 amide bonds. The number of hydrogen-bond acceptors (Lipinski definition) is 3. The molecule has 1 aromatic rings. The van der Waals surface area contributed by atoms with Crippen LogP contribution in [0.1, 0.15) is 30.9 Å². The summed E-state index contributed by atoms with van der Waals surface area (Å²) in [6.45, 7) is 9.02. The lowest BCUT2D eigenvalue weighted by Gasteiger charge is -2.22. The molecule has 1 N–H and O–H groups in total. The minimum absolute atomic E-state index is 0.825. The molecule has 0 aromatic heterocycles. The minimum Gasteiger partial charge on any atom is -0.379 e. The summed E-state index contributed by atoms with van der Waals surface area (Å²) in [6, 6.07) is 6.72. The highest BCUT2D eigenvalue weighted by Gasteiger charge is 2.21. The molecule has 1 aliphatic carbocycles. The third-order valence-corrected chi connectivity index (χ3v) is 3.87. The third kappa shape index (κ3) is 4.80. The maximum Gasteiger partial charge on any atom is 0.0641 e. The van der Waals surface area contributed by atoms with Gasteiger partial charge in [0.1, 0.15) is 0 Å². The van der Waals surface area contributed by atoms with Crippen LogP contribution in [0.15, 0.2) is 18.2 Å². The molecular weight excluding hydrogens is 248 g/mol. The molecule has 3 heteroatoms. The van der Waals surface area contributed by atoms with Crippen molar-refractivity contribution in [1.29, 1.82) is 0 Å². The maximum absolute atomic E-state index is 5.71. The van der Waals surface area contributed by atoms with E-state index < -0.39 is 0 Å². The van der Waals surface area contributed by atoms with Gasteiger partial charge in [-0.15, -0.1) is 0 Å². The van der Waals surface area contributed by atoms with Crippen LogP contribution in [-0.4, -0.2) is 33.4 Å². The fourth-order valence-electron chi connectivity index (χ4n) is 2.38. The lowest BCUT2D eigenvalue weighted by Crippen LogP contribution is -2.23. The molecule has 1 saturated carbocycles. The zero-order chi connectivity index (χ0) is 14.4. The van der Waals surface area contributed by atoms with Crippen molar-refractivity contribution < 1.29 is 4.74 Å². The molecule has 0 aliphatic heterocycles. The van der Waals surface area contributed by atoms with E-state index in [4.69, 9.17) is 4.74 Å². The molecule has 0 atom stereocenters. The Morgan fingerprint density at radius 3 is 2.80 bits per heavy atom. The topological polar surface area (TPSA) is 24.5 Å². The summed E-state index contributed by atoms with van der Waals surface area (Å²) in [5, 5.41) is 3.37. The van der Waals surface area contributed by atoms with Crippen molar-refractivity contribution in [2.45, 2.75) is 33.2 Å². The summed E-state index contributed by atoms with van der Waals surface area (Å²) >= 11 is 0. The summed E-state index contributed by atoms with van der Waals surface area (Å²) in [4.78, 5) is 2.29. The van der Waals surface area contributed by atoms with Crippen molar-refractivity contribution in [3.05, 3.63) is 29.3 Å². The van der Waals surface area contributed by atoms with E-state index in [9.17, 15) is 0 Å². The van der Waals surface area contributed by atoms with Crippen LogP contribution in [-0.2, 0) is 11.3 Å². The van der Waals surface area contributed by atoms with Gasteiger partial charge in [-0.25, -0.2) is 0 Å². The number of aryl methyl sites for hydroxylation is 1. The van der Waals surface area contributed by atoms with E-state index in [1.54, 1.807) is 0 Å². The molecule has 0 unspecified atom stereocenters. The largest absolute Gasteiger partial charge is 0.379 e. The standard InChI is InChI=1S/C17H28N2O/c1-4-18-12-16-7-8-17(14(2)11-16)19(3)9-10-20-13-15-5-6-15/h7-8,11,15,18H,4-6,9-10,12-13H2,1-3H3. The highest BCUT2D eigenvalue weighted by Crippen LogP contribution is 2.28. The molecular formula is C17H28N2O. The van der Waals surface area contributed by atoms with E-state index in [-0.39, 0.29) is 0 Å². The van der Waals surface area contributed by atoms with Gasteiger partial charge in [0.15, 0.2) is 0 Å². The van der Waals surface area contributed by atoms with E-state index in [0.29, 0.717) is 0 Å². The zero-order valence-electron chi connectivity index (χ0n) is 13.1. The number of rotatable bonds is 9. The first-order valence-corrected chi connectivity index (χ1v) is 7.79. The first-order chi connectivity index (χ1) is 9.70. The van der Waals surface area contributed by atoms with Crippen LogP contribution in [0.25, 0.3) is 0 Å². The van der Waals surface area contributed by atoms with Gasteiger partial charge in [-0.2, -0.15) is 0 Å². The van der Waals surface area contributed by atoms with Crippen LogP contribution in [0, 0.1) is 12.8 Å². The maximum atomic E-state index is 5.71. The van der Waals surface area contributed by atoms with Crippen LogP contribution in [0.2, 0.25) is 0 Å². The molecule has 0 bridgehead atoms. The second kappa shape index (κ2) is 7.65. The Morgan fingerprint density at radius 2 is 2.15 bits per heavy atom. The molecule has 20 heavy (non-hydrogen) atoms. The van der Waals surface area contributed by atoms with Gasteiger partial charge in [-0.3, -0.25) is 0 Å². The van der Waals surface area contributed by atoms with Crippen LogP contribution in [0.4, 0.5) is 5.69 Å². The van der Waals surface area contributed by atoms with Gasteiger partial charge < -0.3 is 15.0 Å². The normalized spacial score (nSPS) is 14.6. The van der Waals surface area contributed by atoms with Crippen LogP contribution in [0.5, 0.6) is 0 Å². The van der Waals surface area contributed by atoms with Gasteiger partial charge in [0.2, 0.25) is 0 Å². The summed E-state index contributed by atoms with van der Waals surface area (Å²) in [5.74, 6) is 0.854. The smallest absolute Gasteiger partial charge is 0.0641 e. The van der Waals surface area contributed by atoms with Crippen LogP contribution in [0.3, 0.4) is 0 Å². The van der Waals surface area contributed by atoms with Crippen molar-refractivity contribution in [2.75, 3.05) is 38.3 Å². The monoisotopic (exact) mass is 276 g/mol. The third-order valence-electron chi connectivity index (χ3n) is 3.87. The molecule has 0 spiro atoms. The molecule has 3 nitrogen and oxygen atoms in total. The fourth-order valence-corrected chi connectivity index (χ4v) is 2.38. The summed E-state index contributed by atoms with van der Waals surface area (Å²) in [5.41, 5.74) is 4.00. The molecule has 1 aromatic carbocycles. The Hall–Kier alpha value is -1.06. The van der Waals surface area contributed by atoms with E-state index in [2.05, 4.69) is 49.3 Å². The van der Waals surface area contributed by atoms with Gasteiger partial charge in [0, 0.05) is 32.4 Å². The van der Waals surface area contributed by atoms with Crippen molar-refractivity contribution in [1.82, 2.24) is 5.32 Å². The number of nitrogens with one attached hydrogen (secondary N) is 1. The number of nitrogens with zero attached hydrogens (tertiary/aromatic N) is 1. The molecule has 0 radical (unpaired) electrons. The molecule has 2 rings (SSSR count). The van der Waals surface area contributed by atoms with E-state index >= 15 is 0 Å². The molecule has 0 heterocycles. The number of anilines is 1. The number of benzene rings is 1. The minimum atomic E-state index is 0.825. The van der Waals surface area contributed by atoms with Crippen molar-refractivity contribution in [3.63, 3.8) is 0 Å². The Balaban J connectivity index is 1.79. The van der Waals surface area contributed by atoms with Gasteiger partial charge >= 0.3 is 0 Å². The first-order valence-electron chi connectivity index (χ1n) is 7.79. The van der Waals surface area contributed by atoms with Crippen molar-refractivity contribution in [3.8, 4) is 0 Å². The summed E-state index contributed by atoms with van der Waals surface area (Å²) in [6.07, 6.45) is 2.73. The Kier molecular flexibility index (Phi) is 5.86. The Labute approximate surface area is 123 Å². The predicted octanol–water partition coefficient (Wildman–Crippen LogP) is 2.97. The van der Waals surface area contributed by atoms with Gasteiger partial charge in [0.05, 0.1) is 6.61 Å². The second-order valence-electron chi connectivity index (χ2n) is 5.84. The Bertz CT molecular complexity index is 415. The van der Waals surface area contributed by atoms with E-state index in [1.165, 1.54) is 29.7 Å². The SMILES string of the molecule is CCNCc1ccc(N(C)CCOCC2CC2)c(C)c1. The van der Waals surface area contributed by atoms with E-state index in [1.807, 2.05) is 0 Å². The van der Waals surface area contributed by atoms with Crippen molar-refractivity contribution in [2.24, 2.45) is 5.92 Å². The zero-order valence-corrected chi connectivity index (χ0v) is 13.1. The van der Waals surface area contributed by atoms with Gasteiger partial charge in [-0.1, -0.05) is 19.1 Å². The lowest BCUT2D eigenvalue weighted by molar-refractivity contribution is 0.131. The predicted molar refractivity (Wildman–Crippen MR) is 85.4 cm³/mol. The summed E-state index contributed by atoms with van der Waals surface area (Å²) in [7, 11) is 2.15. The quantitative estimate of drug-likeness (QED) is 0.702. The molecule has 1 aliphatic rings. The molecule has 1 fully saturated rings. The van der Waals surface area contributed by atoms with Crippen LogP contribution < -0.4 is 10.2 Å². The first kappa shape index (κ1) is 15.3. The second-order valence-corrected chi connectivity index (χ2v) is 5.84. The van der Waals surface area contributed by atoms with Gasteiger partial charge in [-0.05, 0) is 49.4 Å². The Morgan fingerprint density at radius 1 is 1.35 bits per heavy atom. The lowest BCUT2D eigenvalue weighted by atomic mass is 10.1. The number of likely N-dealkylation sites (N-methyl/N-ethyl adjacent to an activating group) is 1. The average Bonchev–Trinajstić information content (AvgIpc) is 3.25. The molecule has 112 valence electrons. The van der Waals surface area contributed by atoms with E-state index in [0.717, 1.165) is 38.8 Å². The van der Waals surface area contributed by atoms with Gasteiger partial charge in [0.25, 0.3) is 0 Å². The number of hydrogen-bond donors (Lipinski definition) is 1. The number of ether oxygens (including phenoxy) is 1.